The topological polar surface area (TPSA) is 121 Å². The number of rotatable bonds is 8. The second-order valence-electron chi connectivity index (χ2n) is 8.84. The first-order valence-electron chi connectivity index (χ1n) is 11.7. The Balaban J connectivity index is 1.22. The van der Waals surface area contributed by atoms with Crippen molar-refractivity contribution in [2.75, 3.05) is 13.2 Å². The third kappa shape index (κ3) is 4.44. The highest BCUT2D eigenvalue weighted by Gasteiger charge is 2.29. The number of aromatic nitrogens is 1. The number of aliphatic carboxylic acids is 1. The lowest BCUT2D eigenvalue weighted by Crippen LogP contribution is -2.36. The summed E-state index contributed by atoms with van der Waals surface area (Å²) >= 11 is 0. The molecule has 4 N–H and O–H groups in total. The molecule has 8 heteroatoms. The van der Waals surface area contributed by atoms with Gasteiger partial charge in [0, 0.05) is 35.1 Å². The van der Waals surface area contributed by atoms with Crippen LogP contribution in [0.2, 0.25) is 0 Å². The van der Waals surface area contributed by atoms with E-state index < -0.39 is 24.3 Å². The van der Waals surface area contributed by atoms with Gasteiger partial charge in [0.15, 0.2) is 0 Å². The molecule has 1 aromatic heterocycles. The van der Waals surface area contributed by atoms with Gasteiger partial charge in [0.2, 0.25) is 0 Å². The summed E-state index contributed by atoms with van der Waals surface area (Å²) in [6.45, 7) is -0.376. The van der Waals surface area contributed by atoms with Crippen LogP contribution in [0.25, 0.3) is 22.0 Å². The number of amides is 1. The third-order valence-electron chi connectivity index (χ3n) is 6.61. The van der Waals surface area contributed by atoms with Crippen LogP contribution >= 0.6 is 0 Å². The Morgan fingerprint density at radius 1 is 0.917 bits per heavy atom. The number of aliphatic hydroxyl groups is 2. The molecule has 0 radical (unpaired) electrons. The molecule has 0 saturated carbocycles. The number of aliphatic hydroxyl groups excluding tert-OH is 2. The number of carboxylic acids is 1. The predicted molar refractivity (Wildman–Crippen MR) is 134 cm³/mol. The number of nitrogens with zero attached hydrogens (tertiary/aromatic N) is 1. The van der Waals surface area contributed by atoms with Crippen LogP contribution in [0.3, 0.4) is 0 Å². The Morgan fingerprint density at radius 3 is 2.19 bits per heavy atom. The Labute approximate surface area is 207 Å². The van der Waals surface area contributed by atoms with E-state index in [0.29, 0.717) is 16.5 Å². The maximum absolute atomic E-state index is 12.4. The maximum Gasteiger partial charge on any atom is 0.407 e. The second kappa shape index (κ2) is 9.85. The molecule has 184 valence electrons. The van der Waals surface area contributed by atoms with E-state index in [4.69, 9.17) is 4.74 Å². The lowest BCUT2D eigenvalue weighted by Gasteiger charge is -2.19. The fourth-order valence-electron chi connectivity index (χ4n) is 4.94. The molecular formula is C28H26N2O6. The molecule has 0 bridgehead atoms. The molecule has 1 heterocycles. The number of alkyl carbamates (subject to hydrolysis) is 1. The number of carbonyl (C=O) groups excluding carboxylic acids is 1. The Kier molecular flexibility index (Phi) is 6.45. The molecular weight excluding hydrogens is 460 g/mol. The van der Waals surface area contributed by atoms with Crippen LogP contribution < -0.4 is 5.32 Å². The number of carboxylic acid groups (broad SMARTS) is 1. The van der Waals surface area contributed by atoms with Crippen molar-refractivity contribution in [1.82, 2.24) is 9.88 Å². The summed E-state index contributed by atoms with van der Waals surface area (Å²) in [5.74, 6) is -1.10. The average molecular weight is 487 g/mol. The number of fused-ring (bicyclic) bond motifs is 4. The molecule has 8 nitrogen and oxygen atoms in total. The van der Waals surface area contributed by atoms with E-state index in [9.17, 15) is 24.9 Å². The molecule has 2 atom stereocenters. The van der Waals surface area contributed by atoms with Gasteiger partial charge in [-0.1, -0.05) is 66.7 Å². The molecule has 36 heavy (non-hydrogen) atoms. The van der Waals surface area contributed by atoms with Crippen LogP contribution in [0.4, 0.5) is 4.79 Å². The molecule has 0 saturated heterocycles. The van der Waals surface area contributed by atoms with Crippen molar-refractivity contribution in [3.05, 3.63) is 95.7 Å². The van der Waals surface area contributed by atoms with E-state index in [2.05, 4.69) is 17.4 Å². The van der Waals surface area contributed by atoms with E-state index in [1.54, 1.807) is 24.3 Å². The van der Waals surface area contributed by atoms with Gasteiger partial charge < -0.3 is 29.9 Å². The first-order valence-corrected chi connectivity index (χ1v) is 11.7. The Bertz CT molecular complexity index is 1380. The van der Waals surface area contributed by atoms with Crippen LogP contribution in [-0.4, -0.2) is 51.2 Å². The van der Waals surface area contributed by atoms with Crippen molar-refractivity contribution < 1.29 is 29.6 Å². The van der Waals surface area contributed by atoms with Gasteiger partial charge in [-0.15, -0.1) is 0 Å². The summed E-state index contributed by atoms with van der Waals surface area (Å²) in [5, 5.41) is 33.7. The van der Waals surface area contributed by atoms with Crippen molar-refractivity contribution in [2.45, 2.75) is 24.7 Å². The predicted octanol–water partition coefficient (Wildman–Crippen LogP) is 3.66. The van der Waals surface area contributed by atoms with Crippen molar-refractivity contribution in [1.29, 1.82) is 0 Å². The van der Waals surface area contributed by atoms with Crippen LogP contribution in [0.5, 0.6) is 0 Å². The zero-order chi connectivity index (χ0) is 25.2. The summed E-state index contributed by atoms with van der Waals surface area (Å²) in [5.41, 5.74) is 5.46. The van der Waals surface area contributed by atoms with Gasteiger partial charge in [0.1, 0.15) is 25.4 Å². The largest absolute Gasteiger partial charge is 0.480 e. The number of carbonyl (C=O) groups is 2. The summed E-state index contributed by atoms with van der Waals surface area (Å²) in [6, 6.07) is 23.1. The van der Waals surface area contributed by atoms with Gasteiger partial charge in [0.05, 0.1) is 0 Å². The fraction of sp³-hybridized carbons (Fsp3) is 0.214. The van der Waals surface area contributed by atoms with Gasteiger partial charge in [0.25, 0.3) is 0 Å². The standard InChI is InChI=1S/C28H26N2O6/c31-25(27(34)22-14-30(15-26(32)33)24-12-6-5-11-21(22)24)13-29-28(35)36-16-23-19-9-3-1-7-17(19)18-8-2-4-10-20(18)23/h1-12,14,23,25,27,31,34H,13,15-16H2,(H,29,35)(H,32,33). The monoisotopic (exact) mass is 486 g/mol. The molecule has 5 rings (SSSR count). The molecule has 4 aromatic rings. The highest BCUT2D eigenvalue weighted by Crippen LogP contribution is 2.44. The van der Waals surface area contributed by atoms with Crippen molar-refractivity contribution in [3.8, 4) is 11.1 Å². The number of hydrogen-bond donors (Lipinski definition) is 4. The van der Waals surface area contributed by atoms with E-state index in [1.807, 2.05) is 36.4 Å². The summed E-state index contributed by atoms with van der Waals surface area (Å²) in [6.07, 6.45) is -1.84. The summed E-state index contributed by atoms with van der Waals surface area (Å²) in [7, 11) is 0. The number of benzene rings is 3. The van der Waals surface area contributed by atoms with E-state index in [-0.39, 0.29) is 25.6 Å². The SMILES string of the molecule is O=C(O)Cn1cc(C(O)C(O)CNC(=O)OCC2c3ccccc3-c3ccccc32)c2ccccc21. The lowest BCUT2D eigenvalue weighted by atomic mass is 9.98. The Hall–Kier alpha value is -4.14. The quantitative estimate of drug-likeness (QED) is 0.302. The molecule has 0 aliphatic heterocycles. The maximum atomic E-state index is 12.4. The van der Waals surface area contributed by atoms with Gasteiger partial charge in [-0.25, -0.2) is 4.79 Å². The van der Waals surface area contributed by atoms with E-state index in [0.717, 1.165) is 22.3 Å². The molecule has 1 amide bonds. The Morgan fingerprint density at radius 2 is 1.53 bits per heavy atom. The van der Waals surface area contributed by atoms with E-state index >= 15 is 0 Å². The molecule has 2 unspecified atom stereocenters. The van der Waals surface area contributed by atoms with Crippen molar-refractivity contribution >= 4 is 23.0 Å². The van der Waals surface area contributed by atoms with Crippen LogP contribution in [0, 0.1) is 0 Å². The minimum absolute atomic E-state index is 0.0842. The molecule has 3 aromatic carbocycles. The second-order valence-corrected chi connectivity index (χ2v) is 8.84. The molecule has 0 fully saturated rings. The average Bonchev–Trinajstić information content (AvgIpc) is 3.41. The van der Waals surface area contributed by atoms with Gasteiger partial charge >= 0.3 is 12.1 Å². The fourth-order valence-corrected chi connectivity index (χ4v) is 4.94. The highest BCUT2D eigenvalue weighted by molar-refractivity contribution is 5.85. The number of nitrogens with one attached hydrogen (secondary N) is 1. The zero-order valence-electron chi connectivity index (χ0n) is 19.4. The summed E-state index contributed by atoms with van der Waals surface area (Å²) < 4.78 is 6.98. The molecule has 1 aliphatic carbocycles. The number of ether oxygens (including phenoxy) is 1. The van der Waals surface area contributed by atoms with E-state index in [1.165, 1.54) is 10.8 Å². The minimum Gasteiger partial charge on any atom is -0.480 e. The smallest absolute Gasteiger partial charge is 0.407 e. The van der Waals surface area contributed by atoms with Crippen molar-refractivity contribution in [3.63, 3.8) is 0 Å². The normalized spacial score (nSPS) is 14.2. The third-order valence-corrected chi connectivity index (χ3v) is 6.61. The number of hydrogen-bond acceptors (Lipinski definition) is 5. The molecule has 0 spiro atoms. The minimum atomic E-state index is -1.33. The summed E-state index contributed by atoms with van der Waals surface area (Å²) in [4.78, 5) is 23.6. The highest BCUT2D eigenvalue weighted by atomic mass is 16.5. The lowest BCUT2D eigenvalue weighted by molar-refractivity contribution is -0.137. The first-order chi connectivity index (χ1) is 17.4. The van der Waals surface area contributed by atoms with Crippen molar-refractivity contribution in [2.24, 2.45) is 0 Å². The van der Waals surface area contributed by atoms with Crippen LogP contribution in [-0.2, 0) is 16.1 Å². The van der Waals surface area contributed by atoms with Gasteiger partial charge in [-0.3, -0.25) is 4.79 Å². The zero-order valence-corrected chi connectivity index (χ0v) is 19.4. The first kappa shape index (κ1) is 23.6. The number of para-hydroxylation sites is 1. The van der Waals surface area contributed by atoms with Gasteiger partial charge in [-0.05, 0) is 28.3 Å². The van der Waals surface area contributed by atoms with Crippen LogP contribution in [0.1, 0.15) is 28.7 Å². The van der Waals surface area contributed by atoms with Gasteiger partial charge in [-0.2, -0.15) is 0 Å². The molecule has 1 aliphatic rings. The van der Waals surface area contributed by atoms with Crippen LogP contribution in [0.15, 0.2) is 79.0 Å².